The maximum atomic E-state index is 12.9. The number of hydrogen-bond donors (Lipinski definition) is 3. The molecule has 0 atom stereocenters. The number of nitrogens with zero attached hydrogens (tertiary/aromatic N) is 4. The zero-order valence-corrected chi connectivity index (χ0v) is 25.7. The minimum atomic E-state index is -0.566. The van der Waals surface area contributed by atoms with Crippen LogP contribution in [0.1, 0.15) is 36.7 Å². The lowest BCUT2D eigenvalue weighted by molar-refractivity contribution is 0.0523. The predicted octanol–water partition coefficient (Wildman–Crippen LogP) is 7.48. The molecule has 3 aromatic heterocycles. The Morgan fingerprint density at radius 2 is 1.54 bits per heavy atom. The number of alkyl carbamates (subject to hydrolysis) is 1. The first kappa shape index (κ1) is 30.0. The third-order valence-corrected chi connectivity index (χ3v) is 6.96. The fourth-order valence-corrected chi connectivity index (χ4v) is 4.72. The van der Waals surface area contributed by atoms with Crippen molar-refractivity contribution in [3.63, 3.8) is 0 Å². The van der Waals surface area contributed by atoms with Crippen molar-refractivity contribution in [2.45, 2.75) is 32.9 Å². The number of rotatable bonds is 8. The Bertz CT molecular complexity index is 1960. The Hall–Kier alpha value is -6.03. The van der Waals surface area contributed by atoms with E-state index < -0.39 is 11.7 Å². The van der Waals surface area contributed by atoms with Gasteiger partial charge in [0.15, 0.2) is 0 Å². The van der Waals surface area contributed by atoms with Crippen LogP contribution in [0.25, 0.3) is 28.0 Å². The molecule has 46 heavy (non-hydrogen) atoms. The Kier molecular flexibility index (Phi) is 8.42. The van der Waals surface area contributed by atoms with Crippen molar-refractivity contribution in [1.29, 1.82) is 0 Å². The summed E-state index contributed by atoms with van der Waals surface area (Å²) < 4.78 is 6.99. The summed E-state index contributed by atoms with van der Waals surface area (Å²) in [7, 11) is 0. The first-order valence-electron chi connectivity index (χ1n) is 14.8. The molecule has 3 N–H and O–H groups in total. The van der Waals surface area contributed by atoms with Crippen molar-refractivity contribution < 1.29 is 14.3 Å². The molecule has 0 aliphatic heterocycles. The van der Waals surface area contributed by atoms with Crippen molar-refractivity contribution in [3.8, 4) is 22.5 Å². The highest BCUT2D eigenvalue weighted by Gasteiger charge is 2.16. The molecule has 2 amide bonds. The van der Waals surface area contributed by atoms with Gasteiger partial charge in [-0.3, -0.25) is 9.78 Å². The quantitative estimate of drug-likeness (QED) is 0.163. The van der Waals surface area contributed by atoms with Crippen molar-refractivity contribution in [3.05, 3.63) is 127 Å². The van der Waals surface area contributed by atoms with Crippen molar-refractivity contribution >= 4 is 34.8 Å². The predicted molar refractivity (Wildman–Crippen MR) is 179 cm³/mol. The molecule has 10 nitrogen and oxygen atoms in total. The Morgan fingerprint density at radius 1 is 0.804 bits per heavy atom. The number of fused-ring (bicyclic) bond motifs is 1. The number of amides is 2. The second kappa shape index (κ2) is 12.9. The molecule has 0 radical (unpaired) electrons. The van der Waals surface area contributed by atoms with Crippen LogP contribution in [0.15, 0.2) is 116 Å². The topological polar surface area (TPSA) is 123 Å². The largest absolute Gasteiger partial charge is 0.444 e. The fraction of sp³-hybridized carbons (Fsp3) is 0.139. The molecular weight excluding hydrogens is 578 g/mol. The monoisotopic (exact) mass is 611 g/mol. The normalized spacial score (nSPS) is 11.2. The lowest BCUT2D eigenvalue weighted by Crippen LogP contribution is -2.32. The summed E-state index contributed by atoms with van der Waals surface area (Å²) in [6.07, 6.45) is 3.06. The van der Waals surface area contributed by atoms with E-state index in [4.69, 9.17) is 9.72 Å². The summed E-state index contributed by atoms with van der Waals surface area (Å²) in [4.78, 5) is 34.3. The highest BCUT2D eigenvalue weighted by atomic mass is 16.6. The summed E-state index contributed by atoms with van der Waals surface area (Å²) in [6.45, 7) is 5.72. The molecule has 0 aliphatic rings. The van der Waals surface area contributed by atoms with Gasteiger partial charge in [0.1, 0.15) is 5.60 Å². The molecule has 230 valence electrons. The molecule has 3 aromatic carbocycles. The minimum absolute atomic E-state index is 0.244. The number of pyridine rings is 1. The Morgan fingerprint density at radius 3 is 2.24 bits per heavy atom. The molecule has 3 heterocycles. The van der Waals surface area contributed by atoms with Crippen molar-refractivity contribution in [1.82, 2.24) is 24.9 Å². The summed E-state index contributed by atoms with van der Waals surface area (Å²) in [5.74, 6) is 0.301. The van der Waals surface area contributed by atoms with Gasteiger partial charge in [0.25, 0.3) is 5.91 Å². The molecule has 0 saturated heterocycles. The molecule has 6 aromatic rings. The van der Waals surface area contributed by atoms with Gasteiger partial charge >= 0.3 is 6.09 Å². The minimum Gasteiger partial charge on any atom is -0.444 e. The van der Waals surface area contributed by atoms with Crippen LogP contribution in [0.3, 0.4) is 0 Å². The molecule has 6 rings (SSSR count). The SMILES string of the molecule is CC(C)(C)OC(=O)NCc1ccc(C(=O)Nc2ccc(Nc3nc(-c4ccc(-c5ccccc5)nc4)cc4ccnn34)cc2)cc1. The van der Waals surface area contributed by atoms with Gasteiger partial charge in [-0.15, -0.1) is 0 Å². The standard InChI is InChI=1S/C36H33N7O3/c1-36(2,3)46-35(45)38-22-24-9-11-26(12-10-24)33(44)40-28-14-16-29(17-15-28)41-34-42-32(21-30-19-20-39-43(30)34)27-13-18-31(37-23-27)25-7-5-4-6-8-25/h4-21,23H,22H2,1-3H3,(H,38,45)(H,40,44)(H,41,42). The zero-order chi connectivity index (χ0) is 32.1. The summed E-state index contributed by atoms with van der Waals surface area (Å²) >= 11 is 0. The third kappa shape index (κ3) is 7.36. The zero-order valence-electron chi connectivity index (χ0n) is 25.7. The number of benzene rings is 3. The number of aromatic nitrogens is 4. The fourth-order valence-electron chi connectivity index (χ4n) is 4.72. The molecule has 0 saturated carbocycles. The number of hydrogen-bond acceptors (Lipinski definition) is 7. The van der Waals surface area contributed by atoms with Crippen LogP contribution in [-0.2, 0) is 11.3 Å². The van der Waals surface area contributed by atoms with E-state index in [1.54, 1.807) is 35.0 Å². The molecule has 0 spiro atoms. The highest BCUT2D eigenvalue weighted by molar-refractivity contribution is 6.04. The lowest BCUT2D eigenvalue weighted by Gasteiger charge is -2.19. The van der Waals surface area contributed by atoms with Gasteiger partial charge in [0.2, 0.25) is 5.95 Å². The Labute approximate surface area is 266 Å². The number of carbonyl (C=O) groups excluding carboxylic acids is 2. The van der Waals surface area contributed by atoms with E-state index in [1.807, 2.05) is 106 Å². The number of anilines is 3. The van der Waals surface area contributed by atoms with Crippen LogP contribution in [0.2, 0.25) is 0 Å². The van der Waals surface area contributed by atoms with E-state index in [1.165, 1.54) is 0 Å². The van der Waals surface area contributed by atoms with E-state index in [-0.39, 0.29) is 5.91 Å². The molecule has 0 unspecified atom stereocenters. The van der Waals surface area contributed by atoms with Gasteiger partial charge in [-0.25, -0.2) is 14.3 Å². The number of ether oxygens (including phenoxy) is 1. The maximum Gasteiger partial charge on any atom is 0.407 e. The Balaban J connectivity index is 1.10. The van der Waals surface area contributed by atoms with E-state index in [0.717, 1.165) is 39.3 Å². The van der Waals surface area contributed by atoms with Crippen molar-refractivity contribution in [2.75, 3.05) is 10.6 Å². The maximum absolute atomic E-state index is 12.9. The average molecular weight is 612 g/mol. The van der Waals surface area contributed by atoms with Gasteiger partial charge in [0, 0.05) is 40.8 Å². The second-order valence-electron chi connectivity index (χ2n) is 11.6. The second-order valence-corrected chi connectivity index (χ2v) is 11.6. The van der Waals surface area contributed by atoms with Crippen LogP contribution in [0.4, 0.5) is 22.1 Å². The van der Waals surface area contributed by atoms with Crippen LogP contribution < -0.4 is 16.0 Å². The van der Waals surface area contributed by atoms with Crippen LogP contribution in [0.5, 0.6) is 0 Å². The summed E-state index contributed by atoms with van der Waals surface area (Å²) in [5, 5.41) is 13.4. The molecule has 0 fully saturated rings. The summed E-state index contributed by atoms with van der Waals surface area (Å²) in [6, 6.07) is 32.3. The average Bonchev–Trinajstić information content (AvgIpc) is 3.54. The molecule has 0 bridgehead atoms. The summed E-state index contributed by atoms with van der Waals surface area (Å²) in [5.41, 5.74) is 6.68. The van der Waals surface area contributed by atoms with Crippen LogP contribution in [0, 0.1) is 0 Å². The van der Waals surface area contributed by atoms with E-state index in [0.29, 0.717) is 23.7 Å². The highest BCUT2D eigenvalue weighted by Crippen LogP contribution is 2.26. The van der Waals surface area contributed by atoms with Gasteiger partial charge in [-0.05, 0) is 87.0 Å². The van der Waals surface area contributed by atoms with Gasteiger partial charge in [-0.2, -0.15) is 5.10 Å². The van der Waals surface area contributed by atoms with Crippen LogP contribution >= 0.6 is 0 Å². The lowest BCUT2D eigenvalue weighted by atomic mass is 10.1. The number of nitrogens with one attached hydrogen (secondary N) is 3. The molecule has 0 aliphatic carbocycles. The van der Waals surface area contributed by atoms with Gasteiger partial charge in [0.05, 0.1) is 23.1 Å². The van der Waals surface area contributed by atoms with Crippen molar-refractivity contribution in [2.24, 2.45) is 0 Å². The third-order valence-electron chi connectivity index (χ3n) is 6.96. The first-order valence-corrected chi connectivity index (χ1v) is 14.8. The van der Waals surface area contributed by atoms with Crippen LogP contribution in [-0.4, -0.2) is 37.2 Å². The van der Waals surface area contributed by atoms with Gasteiger partial charge in [-0.1, -0.05) is 42.5 Å². The molecule has 10 heteroatoms. The van der Waals surface area contributed by atoms with E-state index >= 15 is 0 Å². The van der Waals surface area contributed by atoms with E-state index in [9.17, 15) is 9.59 Å². The van der Waals surface area contributed by atoms with E-state index in [2.05, 4.69) is 26.0 Å². The number of carbonyl (C=O) groups is 2. The van der Waals surface area contributed by atoms with Gasteiger partial charge < -0.3 is 20.7 Å². The molecular formula is C36H33N7O3. The first-order chi connectivity index (χ1) is 22.2. The smallest absolute Gasteiger partial charge is 0.407 e.